The maximum absolute atomic E-state index is 12.9. The maximum atomic E-state index is 12.9. The van der Waals surface area contributed by atoms with Gasteiger partial charge >= 0.3 is 0 Å². The lowest BCUT2D eigenvalue weighted by atomic mass is 10.2. The molecular weight excluding hydrogens is 424 g/mol. The standard InChI is InChI=1S/C23H30N6O4/c30-16-15-26-7-9-27(10-8-26)21-5-6-22(25-24-21)28-11-13-29(14-12-28)23(31)20-17-32-18-3-1-2-4-19(18)33-20/h1-6,20,30H,7-17H2. The molecule has 1 unspecified atom stereocenters. The molecule has 3 aliphatic heterocycles. The summed E-state index contributed by atoms with van der Waals surface area (Å²) in [7, 11) is 0. The van der Waals surface area contributed by atoms with Gasteiger partial charge in [-0.05, 0) is 24.3 Å². The van der Waals surface area contributed by atoms with Gasteiger partial charge in [-0.15, -0.1) is 10.2 Å². The minimum atomic E-state index is -0.608. The van der Waals surface area contributed by atoms with Crippen molar-refractivity contribution in [3.05, 3.63) is 36.4 Å². The second kappa shape index (κ2) is 9.80. The molecule has 1 aromatic heterocycles. The summed E-state index contributed by atoms with van der Waals surface area (Å²) in [4.78, 5) is 21.4. The van der Waals surface area contributed by atoms with Crippen LogP contribution in [0.15, 0.2) is 36.4 Å². The summed E-state index contributed by atoms with van der Waals surface area (Å²) < 4.78 is 11.6. The van der Waals surface area contributed by atoms with E-state index in [1.54, 1.807) is 0 Å². The number of nitrogens with zero attached hydrogens (tertiary/aromatic N) is 6. The van der Waals surface area contributed by atoms with Gasteiger partial charge in [0.15, 0.2) is 23.1 Å². The van der Waals surface area contributed by atoms with Crippen LogP contribution in [0.2, 0.25) is 0 Å². The van der Waals surface area contributed by atoms with Crippen LogP contribution in [0.4, 0.5) is 11.6 Å². The zero-order valence-electron chi connectivity index (χ0n) is 18.7. The van der Waals surface area contributed by atoms with E-state index < -0.39 is 6.10 Å². The molecule has 1 atom stereocenters. The monoisotopic (exact) mass is 454 g/mol. The van der Waals surface area contributed by atoms with E-state index in [-0.39, 0.29) is 19.1 Å². The molecule has 33 heavy (non-hydrogen) atoms. The van der Waals surface area contributed by atoms with Crippen molar-refractivity contribution in [2.45, 2.75) is 6.10 Å². The van der Waals surface area contributed by atoms with Crippen LogP contribution < -0.4 is 19.3 Å². The van der Waals surface area contributed by atoms with E-state index in [9.17, 15) is 4.79 Å². The molecule has 5 rings (SSSR count). The van der Waals surface area contributed by atoms with Crippen molar-refractivity contribution in [3.8, 4) is 11.5 Å². The third-order valence-electron chi connectivity index (χ3n) is 6.45. The molecule has 0 aliphatic carbocycles. The Morgan fingerprint density at radius 1 is 0.879 bits per heavy atom. The van der Waals surface area contributed by atoms with E-state index in [2.05, 4.69) is 24.9 Å². The highest BCUT2D eigenvalue weighted by Gasteiger charge is 2.33. The number of aromatic nitrogens is 2. The van der Waals surface area contributed by atoms with Gasteiger partial charge in [-0.25, -0.2) is 0 Å². The summed E-state index contributed by atoms with van der Waals surface area (Å²) in [5.74, 6) is 2.97. The van der Waals surface area contributed by atoms with Crippen molar-refractivity contribution in [1.29, 1.82) is 0 Å². The number of aliphatic hydroxyl groups is 1. The average molecular weight is 455 g/mol. The Labute approximate surface area is 193 Å². The van der Waals surface area contributed by atoms with Crippen LogP contribution >= 0.6 is 0 Å². The molecule has 0 spiro atoms. The predicted molar refractivity (Wildman–Crippen MR) is 123 cm³/mol. The third-order valence-corrected chi connectivity index (χ3v) is 6.45. The number of piperazine rings is 2. The first-order chi connectivity index (χ1) is 16.2. The number of aliphatic hydroxyl groups excluding tert-OH is 1. The van der Waals surface area contributed by atoms with Crippen LogP contribution in [0.3, 0.4) is 0 Å². The molecule has 2 fully saturated rings. The lowest BCUT2D eigenvalue weighted by Gasteiger charge is -2.37. The van der Waals surface area contributed by atoms with Crippen LogP contribution in [0, 0.1) is 0 Å². The number of β-amino-alcohol motifs (C(OH)–C–C–N with tert-alkyl or cyclic N) is 1. The topological polar surface area (TPSA) is 94.5 Å². The first kappa shape index (κ1) is 21.7. The Hall–Kier alpha value is -3.11. The summed E-state index contributed by atoms with van der Waals surface area (Å²) in [5.41, 5.74) is 0. The average Bonchev–Trinajstić information content (AvgIpc) is 2.89. The number of carbonyl (C=O) groups is 1. The maximum Gasteiger partial charge on any atom is 0.267 e. The van der Waals surface area contributed by atoms with Gasteiger partial charge in [0.2, 0.25) is 6.10 Å². The summed E-state index contributed by atoms with van der Waals surface area (Å²) in [6, 6.07) is 11.5. The van der Waals surface area contributed by atoms with Crippen LogP contribution in [0.25, 0.3) is 0 Å². The first-order valence-corrected chi connectivity index (χ1v) is 11.6. The fourth-order valence-corrected chi connectivity index (χ4v) is 4.50. The van der Waals surface area contributed by atoms with E-state index in [4.69, 9.17) is 14.6 Å². The summed E-state index contributed by atoms with van der Waals surface area (Å²) in [6.45, 7) is 7.36. The van der Waals surface area contributed by atoms with Crippen molar-refractivity contribution in [3.63, 3.8) is 0 Å². The fraction of sp³-hybridized carbons (Fsp3) is 0.522. The SMILES string of the molecule is O=C(C1COc2ccccc2O1)N1CCN(c2ccc(N3CCN(CCO)CC3)nn2)CC1. The lowest BCUT2D eigenvalue weighted by Crippen LogP contribution is -2.54. The van der Waals surface area contributed by atoms with E-state index >= 15 is 0 Å². The Balaban J connectivity index is 1.12. The Bertz CT molecular complexity index is 942. The molecule has 176 valence electrons. The smallest absolute Gasteiger partial charge is 0.267 e. The number of ether oxygens (including phenoxy) is 2. The van der Waals surface area contributed by atoms with Gasteiger partial charge in [0.25, 0.3) is 5.91 Å². The number of hydrogen-bond donors (Lipinski definition) is 1. The Kier molecular flexibility index (Phi) is 6.45. The van der Waals surface area contributed by atoms with Crippen LogP contribution in [-0.2, 0) is 4.79 Å². The van der Waals surface area contributed by atoms with Crippen molar-refractivity contribution in [2.75, 3.05) is 81.9 Å². The molecule has 0 saturated carbocycles. The second-order valence-electron chi connectivity index (χ2n) is 8.48. The number of hydrogen-bond acceptors (Lipinski definition) is 9. The summed E-state index contributed by atoms with van der Waals surface area (Å²) >= 11 is 0. The number of fused-ring (bicyclic) bond motifs is 1. The van der Waals surface area contributed by atoms with Crippen LogP contribution in [-0.4, -0.2) is 109 Å². The van der Waals surface area contributed by atoms with Crippen LogP contribution in [0.5, 0.6) is 11.5 Å². The largest absolute Gasteiger partial charge is 0.485 e. The molecule has 1 aromatic carbocycles. The van der Waals surface area contributed by atoms with E-state index in [0.29, 0.717) is 37.7 Å². The Morgan fingerprint density at radius 2 is 1.48 bits per heavy atom. The highest BCUT2D eigenvalue weighted by Crippen LogP contribution is 2.31. The molecule has 1 amide bonds. The Morgan fingerprint density at radius 3 is 2.09 bits per heavy atom. The molecule has 4 heterocycles. The molecule has 3 aliphatic rings. The molecule has 10 nitrogen and oxygen atoms in total. The number of amides is 1. The normalized spacial score (nSPS) is 21.2. The molecule has 1 N–H and O–H groups in total. The van der Waals surface area contributed by atoms with Gasteiger partial charge in [-0.3, -0.25) is 9.69 Å². The summed E-state index contributed by atoms with van der Waals surface area (Å²) in [5, 5.41) is 18.0. The number of para-hydroxylation sites is 2. The molecule has 0 bridgehead atoms. The van der Waals surface area contributed by atoms with Gasteiger partial charge in [0, 0.05) is 58.9 Å². The number of benzene rings is 1. The number of anilines is 2. The minimum Gasteiger partial charge on any atom is -0.485 e. The van der Waals surface area contributed by atoms with E-state index in [1.165, 1.54) is 0 Å². The summed E-state index contributed by atoms with van der Waals surface area (Å²) in [6.07, 6.45) is -0.608. The zero-order chi connectivity index (χ0) is 22.6. The van der Waals surface area contributed by atoms with Crippen molar-refractivity contribution >= 4 is 17.5 Å². The lowest BCUT2D eigenvalue weighted by molar-refractivity contribution is -0.141. The second-order valence-corrected chi connectivity index (χ2v) is 8.48. The molecule has 2 saturated heterocycles. The molecule has 10 heteroatoms. The highest BCUT2D eigenvalue weighted by atomic mass is 16.6. The first-order valence-electron chi connectivity index (χ1n) is 11.6. The van der Waals surface area contributed by atoms with Gasteiger partial charge < -0.3 is 29.3 Å². The van der Waals surface area contributed by atoms with Crippen LogP contribution in [0.1, 0.15) is 0 Å². The quantitative estimate of drug-likeness (QED) is 0.674. The molecule has 0 radical (unpaired) electrons. The molecule has 2 aromatic rings. The van der Waals surface area contributed by atoms with Gasteiger partial charge in [-0.2, -0.15) is 0 Å². The van der Waals surface area contributed by atoms with Gasteiger partial charge in [-0.1, -0.05) is 12.1 Å². The number of rotatable bonds is 5. The van der Waals surface area contributed by atoms with Crippen molar-refractivity contribution in [2.24, 2.45) is 0 Å². The highest BCUT2D eigenvalue weighted by molar-refractivity contribution is 5.82. The fourth-order valence-electron chi connectivity index (χ4n) is 4.50. The minimum absolute atomic E-state index is 0.0362. The van der Waals surface area contributed by atoms with Gasteiger partial charge in [0.1, 0.15) is 6.61 Å². The van der Waals surface area contributed by atoms with Crippen molar-refractivity contribution in [1.82, 2.24) is 20.0 Å². The third kappa shape index (κ3) is 4.81. The zero-order valence-corrected chi connectivity index (χ0v) is 18.7. The molecular formula is C23H30N6O4. The van der Waals surface area contributed by atoms with E-state index in [1.807, 2.05) is 41.3 Å². The van der Waals surface area contributed by atoms with Gasteiger partial charge in [0.05, 0.1) is 6.61 Å². The predicted octanol–water partition coefficient (Wildman–Crippen LogP) is 0.0795. The number of carbonyl (C=O) groups excluding carboxylic acids is 1. The van der Waals surface area contributed by atoms with Crippen molar-refractivity contribution < 1.29 is 19.4 Å². The van der Waals surface area contributed by atoms with E-state index in [0.717, 1.165) is 44.4 Å².